The van der Waals surface area contributed by atoms with Crippen LogP contribution in [0.15, 0.2) is 54.6 Å². The Labute approximate surface area is 114 Å². The van der Waals surface area contributed by atoms with Crippen molar-refractivity contribution in [3.8, 4) is 11.8 Å². The Morgan fingerprint density at radius 2 is 1.58 bits per heavy atom. The van der Waals surface area contributed by atoms with Gasteiger partial charge in [-0.05, 0) is 36.1 Å². The summed E-state index contributed by atoms with van der Waals surface area (Å²) in [6.07, 6.45) is 2.27. The predicted octanol–water partition coefficient (Wildman–Crippen LogP) is 3.96. The van der Waals surface area contributed by atoms with Crippen LogP contribution in [0.5, 0.6) is 5.75 Å². The number of nitrogens with zero attached hydrogens (tertiary/aromatic N) is 1. The van der Waals surface area contributed by atoms with E-state index in [-0.39, 0.29) is 0 Å². The maximum absolute atomic E-state index is 8.43. The maximum Gasteiger partial charge on any atom is 0.119 e. The van der Waals surface area contributed by atoms with Crippen LogP contribution in [-0.4, -0.2) is 6.61 Å². The monoisotopic (exact) mass is 251 g/mol. The molecule has 2 aromatic carbocycles. The topological polar surface area (TPSA) is 33.0 Å². The summed E-state index contributed by atoms with van der Waals surface area (Å²) in [6, 6.07) is 20.7. The molecule has 0 saturated heterocycles. The Bertz CT molecular complexity index is 525. The molecule has 0 N–H and O–H groups in total. The zero-order chi connectivity index (χ0) is 13.3. The summed E-state index contributed by atoms with van der Waals surface area (Å²) >= 11 is 0. The van der Waals surface area contributed by atoms with E-state index in [1.165, 1.54) is 11.1 Å². The summed E-state index contributed by atoms with van der Waals surface area (Å²) in [4.78, 5) is 0. The molecule has 0 aliphatic rings. The number of rotatable bonds is 6. The Morgan fingerprint density at radius 1 is 0.895 bits per heavy atom. The van der Waals surface area contributed by atoms with Crippen molar-refractivity contribution in [2.24, 2.45) is 0 Å². The van der Waals surface area contributed by atoms with Crippen LogP contribution in [0.4, 0.5) is 0 Å². The number of hydrogen-bond donors (Lipinski definition) is 0. The summed E-state index contributed by atoms with van der Waals surface area (Å²) in [5, 5.41) is 8.43. The molecular formula is C17H17NO. The second-order valence-electron chi connectivity index (χ2n) is 4.42. The zero-order valence-electron chi connectivity index (χ0n) is 10.9. The van der Waals surface area contributed by atoms with Crippen LogP contribution in [0, 0.1) is 11.3 Å². The van der Waals surface area contributed by atoms with Gasteiger partial charge in [0.1, 0.15) is 5.75 Å². The van der Waals surface area contributed by atoms with Gasteiger partial charge < -0.3 is 4.74 Å². The van der Waals surface area contributed by atoms with Gasteiger partial charge in [0.05, 0.1) is 12.7 Å². The number of benzene rings is 2. The molecule has 2 rings (SSSR count). The van der Waals surface area contributed by atoms with Gasteiger partial charge in [-0.15, -0.1) is 0 Å². The van der Waals surface area contributed by atoms with Crippen molar-refractivity contribution in [3.63, 3.8) is 0 Å². The van der Waals surface area contributed by atoms with Gasteiger partial charge in [0, 0.05) is 6.42 Å². The van der Waals surface area contributed by atoms with Crippen molar-refractivity contribution in [2.45, 2.75) is 19.3 Å². The van der Waals surface area contributed by atoms with Gasteiger partial charge in [0.25, 0.3) is 0 Å². The first kappa shape index (κ1) is 13.2. The quantitative estimate of drug-likeness (QED) is 0.728. The number of ether oxygens (including phenoxy) is 1. The number of nitriles is 1. The van der Waals surface area contributed by atoms with Gasteiger partial charge in [-0.1, -0.05) is 42.5 Å². The lowest BCUT2D eigenvalue weighted by atomic mass is 10.1. The van der Waals surface area contributed by atoms with E-state index < -0.39 is 0 Å². The molecule has 0 spiro atoms. The van der Waals surface area contributed by atoms with E-state index in [0.29, 0.717) is 13.0 Å². The number of unbranched alkanes of at least 4 members (excludes halogenated alkanes) is 1. The molecule has 0 atom stereocenters. The molecule has 19 heavy (non-hydrogen) atoms. The molecule has 0 amide bonds. The van der Waals surface area contributed by atoms with Crippen molar-refractivity contribution in [2.75, 3.05) is 6.61 Å². The third-order valence-corrected chi connectivity index (χ3v) is 2.88. The fourth-order valence-corrected chi connectivity index (χ4v) is 1.88. The van der Waals surface area contributed by atoms with Crippen LogP contribution in [0.1, 0.15) is 24.0 Å². The first-order chi connectivity index (χ1) is 9.38. The molecule has 0 aliphatic heterocycles. The van der Waals surface area contributed by atoms with Crippen LogP contribution >= 0.6 is 0 Å². The highest BCUT2D eigenvalue weighted by Crippen LogP contribution is 2.15. The summed E-state index contributed by atoms with van der Waals surface area (Å²) in [5.74, 6) is 0.870. The first-order valence-electron chi connectivity index (χ1n) is 6.51. The van der Waals surface area contributed by atoms with Crippen molar-refractivity contribution in [1.82, 2.24) is 0 Å². The van der Waals surface area contributed by atoms with Crippen molar-refractivity contribution in [3.05, 3.63) is 65.7 Å². The van der Waals surface area contributed by atoms with Crippen molar-refractivity contribution in [1.29, 1.82) is 5.26 Å². The smallest absolute Gasteiger partial charge is 0.119 e. The fraction of sp³-hybridized carbons (Fsp3) is 0.235. The average Bonchev–Trinajstić information content (AvgIpc) is 2.46. The van der Waals surface area contributed by atoms with E-state index in [1.54, 1.807) is 0 Å². The fourth-order valence-electron chi connectivity index (χ4n) is 1.88. The van der Waals surface area contributed by atoms with Crippen LogP contribution < -0.4 is 4.74 Å². The summed E-state index contributed by atoms with van der Waals surface area (Å²) in [7, 11) is 0. The molecule has 96 valence electrons. The average molecular weight is 251 g/mol. The second-order valence-corrected chi connectivity index (χ2v) is 4.42. The molecule has 0 fully saturated rings. The van der Waals surface area contributed by atoms with Crippen LogP contribution in [-0.2, 0) is 6.42 Å². The van der Waals surface area contributed by atoms with Gasteiger partial charge in [0.15, 0.2) is 0 Å². The molecule has 2 nitrogen and oxygen atoms in total. The molecule has 2 aromatic rings. The Balaban J connectivity index is 1.86. The molecule has 2 heteroatoms. The third kappa shape index (κ3) is 4.48. The van der Waals surface area contributed by atoms with Crippen molar-refractivity contribution < 1.29 is 4.74 Å². The normalized spacial score (nSPS) is 9.84. The minimum absolute atomic E-state index is 0.548. The lowest BCUT2D eigenvalue weighted by molar-refractivity contribution is 0.312. The van der Waals surface area contributed by atoms with E-state index in [0.717, 1.165) is 18.6 Å². The standard InChI is InChI=1S/C17H17NO/c18-12-4-5-13-19-17-10-8-16(9-11-17)14-15-6-2-1-3-7-15/h1-3,6-11H,4-5,13-14H2. The zero-order valence-corrected chi connectivity index (χ0v) is 10.9. The highest BCUT2D eigenvalue weighted by atomic mass is 16.5. The largest absolute Gasteiger partial charge is 0.494 e. The van der Waals surface area contributed by atoms with E-state index in [1.807, 2.05) is 18.2 Å². The van der Waals surface area contributed by atoms with Gasteiger partial charge in [-0.3, -0.25) is 0 Å². The van der Waals surface area contributed by atoms with Gasteiger partial charge >= 0.3 is 0 Å². The second kappa shape index (κ2) is 7.23. The first-order valence-corrected chi connectivity index (χ1v) is 6.51. The Kier molecular flexibility index (Phi) is 5.01. The minimum atomic E-state index is 0.548. The molecule has 0 saturated carbocycles. The molecule has 0 radical (unpaired) electrons. The lowest BCUT2D eigenvalue weighted by Crippen LogP contribution is -1.96. The van der Waals surface area contributed by atoms with Crippen LogP contribution in [0.3, 0.4) is 0 Å². The van der Waals surface area contributed by atoms with Crippen molar-refractivity contribution >= 4 is 0 Å². The van der Waals surface area contributed by atoms with E-state index >= 15 is 0 Å². The SMILES string of the molecule is N#CCCCOc1ccc(Cc2ccccc2)cc1. The van der Waals surface area contributed by atoms with Gasteiger partial charge in [-0.2, -0.15) is 5.26 Å². The van der Waals surface area contributed by atoms with E-state index in [9.17, 15) is 0 Å². The lowest BCUT2D eigenvalue weighted by Gasteiger charge is -2.06. The summed E-state index contributed by atoms with van der Waals surface area (Å²) in [5.41, 5.74) is 2.58. The predicted molar refractivity (Wildman–Crippen MR) is 76.0 cm³/mol. The molecule has 0 aromatic heterocycles. The molecule has 0 heterocycles. The molecule has 0 aliphatic carbocycles. The highest BCUT2D eigenvalue weighted by molar-refractivity contribution is 5.31. The Morgan fingerprint density at radius 3 is 2.26 bits per heavy atom. The van der Waals surface area contributed by atoms with Gasteiger partial charge in [0.2, 0.25) is 0 Å². The van der Waals surface area contributed by atoms with Gasteiger partial charge in [-0.25, -0.2) is 0 Å². The van der Waals surface area contributed by atoms with E-state index in [4.69, 9.17) is 10.00 Å². The van der Waals surface area contributed by atoms with E-state index in [2.05, 4.69) is 42.5 Å². The van der Waals surface area contributed by atoms with Crippen LogP contribution in [0.25, 0.3) is 0 Å². The Hall–Kier alpha value is -2.27. The molecular weight excluding hydrogens is 234 g/mol. The third-order valence-electron chi connectivity index (χ3n) is 2.88. The maximum atomic E-state index is 8.43. The minimum Gasteiger partial charge on any atom is -0.494 e. The summed E-state index contributed by atoms with van der Waals surface area (Å²) < 4.78 is 5.56. The van der Waals surface area contributed by atoms with Crippen LogP contribution in [0.2, 0.25) is 0 Å². The molecule has 0 bridgehead atoms. The molecule has 0 unspecified atom stereocenters. The highest BCUT2D eigenvalue weighted by Gasteiger charge is 1.97. The number of hydrogen-bond acceptors (Lipinski definition) is 2. The summed E-state index contributed by atoms with van der Waals surface area (Å²) in [6.45, 7) is 0.603.